The molecule has 0 saturated heterocycles. The van der Waals surface area contributed by atoms with Crippen LogP contribution in [0.5, 0.6) is 0 Å². The van der Waals surface area contributed by atoms with Crippen molar-refractivity contribution >= 4 is 5.95 Å². The van der Waals surface area contributed by atoms with Crippen molar-refractivity contribution in [1.29, 1.82) is 0 Å². The summed E-state index contributed by atoms with van der Waals surface area (Å²) in [5, 5.41) is 0. The van der Waals surface area contributed by atoms with Gasteiger partial charge in [-0.05, 0) is 17.2 Å². The van der Waals surface area contributed by atoms with Crippen LogP contribution >= 0.6 is 0 Å². The average molecular weight is 247 g/mol. The predicted molar refractivity (Wildman–Crippen MR) is 77.3 cm³/mol. The smallest absolute Gasteiger partial charge is 0.220 e. The van der Waals surface area contributed by atoms with Crippen LogP contribution in [-0.4, -0.2) is 9.97 Å². The monoisotopic (exact) mass is 247 g/mol. The second kappa shape index (κ2) is 4.90. The summed E-state index contributed by atoms with van der Waals surface area (Å²) in [6, 6.07) is 20.3. The molecule has 0 amide bonds. The van der Waals surface area contributed by atoms with E-state index in [4.69, 9.17) is 5.73 Å². The van der Waals surface area contributed by atoms with Gasteiger partial charge < -0.3 is 5.73 Å². The Labute approximate surface area is 111 Å². The summed E-state index contributed by atoms with van der Waals surface area (Å²) >= 11 is 0. The first-order valence-electron chi connectivity index (χ1n) is 6.08. The standard InChI is InChI=1S/C16H13N3/c17-16-18-11-10-15(19-16)14-9-5-4-8-13(14)12-6-2-1-3-7-12/h1-11H,(H2,17,18,19). The lowest BCUT2D eigenvalue weighted by Gasteiger charge is -2.09. The summed E-state index contributed by atoms with van der Waals surface area (Å²) in [6.45, 7) is 0. The quantitative estimate of drug-likeness (QED) is 0.755. The minimum atomic E-state index is 0.292. The van der Waals surface area contributed by atoms with E-state index in [0.717, 1.165) is 22.4 Å². The van der Waals surface area contributed by atoms with Gasteiger partial charge >= 0.3 is 0 Å². The van der Waals surface area contributed by atoms with Gasteiger partial charge in [0, 0.05) is 11.8 Å². The molecule has 0 unspecified atom stereocenters. The molecule has 3 rings (SSSR count). The molecule has 0 fully saturated rings. The van der Waals surface area contributed by atoms with E-state index in [1.807, 2.05) is 42.5 Å². The zero-order chi connectivity index (χ0) is 13.1. The van der Waals surface area contributed by atoms with E-state index in [1.54, 1.807) is 6.20 Å². The lowest BCUT2D eigenvalue weighted by molar-refractivity contribution is 1.19. The van der Waals surface area contributed by atoms with Gasteiger partial charge in [-0.3, -0.25) is 0 Å². The molecule has 3 aromatic rings. The summed E-state index contributed by atoms with van der Waals surface area (Å²) in [5.74, 6) is 0.292. The van der Waals surface area contributed by atoms with Crippen LogP contribution in [0.1, 0.15) is 0 Å². The van der Waals surface area contributed by atoms with Crippen molar-refractivity contribution in [1.82, 2.24) is 9.97 Å². The Balaban J connectivity index is 2.18. The SMILES string of the molecule is Nc1nccc(-c2ccccc2-c2ccccc2)n1. The van der Waals surface area contributed by atoms with E-state index >= 15 is 0 Å². The average Bonchev–Trinajstić information content (AvgIpc) is 2.48. The van der Waals surface area contributed by atoms with Crippen LogP contribution in [0.3, 0.4) is 0 Å². The molecule has 2 aromatic carbocycles. The van der Waals surface area contributed by atoms with E-state index < -0.39 is 0 Å². The molecular formula is C16H13N3. The number of anilines is 1. The molecule has 0 bridgehead atoms. The molecule has 3 heteroatoms. The highest BCUT2D eigenvalue weighted by Gasteiger charge is 2.07. The Morgan fingerprint density at radius 1 is 0.737 bits per heavy atom. The molecular weight excluding hydrogens is 234 g/mol. The molecule has 0 radical (unpaired) electrons. The molecule has 92 valence electrons. The van der Waals surface area contributed by atoms with E-state index in [9.17, 15) is 0 Å². The van der Waals surface area contributed by atoms with Crippen LogP contribution in [0.25, 0.3) is 22.4 Å². The zero-order valence-electron chi connectivity index (χ0n) is 10.3. The summed E-state index contributed by atoms with van der Waals surface area (Å²) in [7, 11) is 0. The maximum Gasteiger partial charge on any atom is 0.220 e. The fraction of sp³-hybridized carbons (Fsp3) is 0. The first-order chi connectivity index (χ1) is 9.34. The number of nitrogen functional groups attached to an aromatic ring is 1. The normalized spacial score (nSPS) is 10.3. The van der Waals surface area contributed by atoms with Gasteiger partial charge in [0.2, 0.25) is 5.95 Å². The maximum absolute atomic E-state index is 5.66. The predicted octanol–water partition coefficient (Wildman–Crippen LogP) is 3.39. The van der Waals surface area contributed by atoms with Crippen molar-refractivity contribution in [3.05, 3.63) is 66.9 Å². The third-order valence-electron chi connectivity index (χ3n) is 2.96. The van der Waals surface area contributed by atoms with Crippen molar-refractivity contribution in [3.63, 3.8) is 0 Å². The van der Waals surface area contributed by atoms with Crippen LogP contribution in [0.4, 0.5) is 5.95 Å². The van der Waals surface area contributed by atoms with Gasteiger partial charge in [0.25, 0.3) is 0 Å². The fourth-order valence-electron chi connectivity index (χ4n) is 2.10. The number of aromatic nitrogens is 2. The maximum atomic E-state index is 5.66. The summed E-state index contributed by atoms with van der Waals surface area (Å²) in [6.07, 6.45) is 1.68. The largest absolute Gasteiger partial charge is 0.368 e. The Hall–Kier alpha value is -2.68. The van der Waals surface area contributed by atoms with Gasteiger partial charge in [-0.2, -0.15) is 0 Å². The topological polar surface area (TPSA) is 51.8 Å². The highest BCUT2D eigenvalue weighted by atomic mass is 15.0. The molecule has 0 atom stereocenters. The van der Waals surface area contributed by atoms with Gasteiger partial charge in [0.1, 0.15) is 0 Å². The second-order valence-corrected chi connectivity index (χ2v) is 4.21. The van der Waals surface area contributed by atoms with Gasteiger partial charge in [-0.15, -0.1) is 0 Å². The summed E-state index contributed by atoms with van der Waals surface area (Å²) in [4.78, 5) is 8.23. The number of benzene rings is 2. The lowest BCUT2D eigenvalue weighted by Crippen LogP contribution is -1.96. The number of rotatable bonds is 2. The first-order valence-corrected chi connectivity index (χ1v) is 6.08. The van der Waals surface area contributed by atoms with Crippen LogP contribution < -0.4 is 5.73 Å². The molecule has 3 nitrogen and oxygen atoms in total. The Bertz CT molecular complexity index is 693. The van der Waals surface area contributed by atoms with Crippen LogP contribution in [0.2, 0.25) is 0 Å². The minimum absolute atomic E-state index is 0.292. The molecule has 1 heterocycles. The van der Waals surface area contributed by atoms with Crippen molar-refractivity contribution < 1.29 is 0 Å². The number of hydrogen-bond donors (Lipinski definition) is 1. The summed E-state index contributed by atoms with van der Waals surface area (Å²) in [5.41, 5.74) is 9.86. The van der Waals surface area contributed by atoms with Crippen LogP contribution in [-0.2, 0) is 0 Å². The van der Waals surface area contributed by atoms with E-state index in [1.165, 1.54) is 0 Å². The minimum Gasteiger partial charge on any atom is -0.368 e. The van der Waals surface area contributed by atoms with Crippen molar-refractivity contribution in [2.24, 2.45) is 0 Å². The van der Waals surface area contributed by atoms with Crippen molar-refractivity contribution in [2.45, 2.75) is 0 Å². The van der Waals surface area contributed by atoms with E-state index in [2.05, 4.69) is 28.2 Å². The van der Waals surface area contributed by atoms with E-state index in [-0.39, 0.29) is 0 Å². The number of nitrogens with two attached hydrogens (primary N) is 1. The Kier molecular flexibility index (Phi) is 2.94. The summed E-state index contributed by atoms with van der Waals surface area (Å²) < 4.78 is 0. The van der Waals surface area contributed by atoms with Crippen molar-refractivity contribution in [3.8, 4) is 22.4 Å². The Morgan fingerprint density at radius 2 is 1.42 bits per heavy atom. The van der Waals surface area contributed by atoms with Gasteiger partial charge in [-0.25, -0.2) is 9.97 Å². The van der Waals surface area contributed by atoms with Gasteiger partial charge in [0.05, 0.1) is 5.69 Å². The van der Waals surface area contributed by atoms with Gasteiger partial charge in [-0.1, -0.05) is 54.6 Å². The fourth-order valence-corrected chi connectivity index (χ4v) is 2.10. The Morgan fingerprint density at radius 3 is 2.16 bits per heavy atom. The first kappa shape index (κ1) is 11.4. The lowest BCUT2D eigenvalue weighted by atomic mass is 9.98. The molecule has 1 aromatic heterocycles. The zero-order valence-corrected chi connectivity index (χ0v) is 10.3. The molecule has 0 spiro atoms. The molecule has 0 aliphatic rings. The number of nitrogens with zero attached hydrogens (tertiary/aromatic N) is 2. The molecule has 0 saturated carbocycles. The molecule has 0 aliphatic carbocycles. The van der Waals surface area contributed by atoms with Crippen LogP contribution in [0.15, 0.2) is 66.9 Å². The van der Waals surface area contributed by atoms with Crippen LogP contribution in [0, 0.1) is 0 Å². The molecule has 0 aliphatic heterocycles. The molecule has 2 N–H and O–H groups in total. The van der Waals surface area contributed by atoms with Crippen molar-refractivity contribution in [2.75, 3.05) is 5.73 Å². The highest BCUT2D eigenvalue weighted by Crippen LogP contribution is 2.30. The van der Waals surface area contributed by atoms with Gasteiger partial charge in [0.15, 0.2) is 0 Å². The van der Waals surface area contributed by atoms with E-state index in [0.29, 0.717) is 5.95 Å². The molecule has 19 heavy (non-hydrogen) atoms. The third-order valence-corrected chi connectivity index (χ3v) is 2.96. The third kappa shape index (κ3) is 2.31. The number of hydrogen-bond acceptors (Lipinski definition) is 3. The second-order valence-electron chi connectivity index (χ2n) is 4.21. The highest BCUT2D eigenvalue weighted by molar-refractivity contribution is 5.81.